The first-order valence-electron chi connectivity index (χ1n) is 7.94. The van der Waals surface area contributed by atoms with Crippen molar-refractivity contribution in [2.45, 2.75) is 6.54 Å². The van der Waals surface area contributed by atoms with Crippen LogP contribution in [0.4, 0.5) is 4.39 Å². The summed E-state index contributed by atoms with van der Waals surface area (Å²) in [4.78, 5) is 56.1. The number of pyridine rings is 1. The fourth-order valence-electron chi connectivity index (χ4n) is 2.28. The molecule has 3 rings (SSSR count). The quantitative estimate of drug-likeness (QED) is 0.647. The van der Waals surface area contributed by atoms with Gasteiger partial charge in [0.05, 0.1) is 5.56 Å². The number of nitroso groups, excluding NO2 is 1. The van der Waals surface area contributed by atoms with Gasteiger partial charge in [-0.2, -0.15) is 0 Å². The summed E-state index contributed by atoms with van der Waals surface area (Å²) in [6.07, 6.45) is 2.23. The fraction of sp³-hybridized carbons (Fsp3) is 0.0556. The van der Waals surface area contributed by atoms with Gasteiger partial charge in [-0.1, -0.05) is 12.1 Å². The lowest BCUT2D eigenvalue weighted by atomic mass is 10.2. The van der Waals surface area contributed by atoms with Crippen molar-refractivity contribution in [2.75, 3.05) is 0 Å². The summed E-state index contributed by atoms with van der Waals surface area (Å²) < 4.78 is 12.9. The zero-order valence-electron chi connectivity index (χ0n) is 14.2. The maximum absolute atomic E-state index is 12.9. The summed E-state index contributed by atoms with van der Waals surface area (Å²) in [6.45, 7) is 0.113. The molecule has 0 bridgehead atoms. The van der Waals surface area contributed by atoms with Crippen LogP contribution in [0.2, 0.25) is 0 Å². The molecule has 0 fully saturated rings. The molecule has 0 aliphatic carbocycles. The van der Waals surface area contributed by atoms with Gasteiger partial charge in [0, 0.05) is 24.1 Å². The second-order valence-electron chi connectivity index (χ2n) is 5.61. The monoisotopic (exact) mass is 381 g/mol. The number of hydrogen-bond acceptors (Lipinski definition) is 6. The average molecular weight is 381 g/mol. The van der Waals surface area contributed by atoms with Gasteiger partial charge < -0.3 is 10.3 Å². The second-order valence-corrected chi connectivity index (χ2v) is 5.61. The molecule has 140 valence electrons. The van der Waals surface area contributed by atoms with E-state index < -0.39 is 17.4 Å². The van der Waals surface area contributed by atoms with Gasteiger partial charge in [-0.05, 0) is 29.8 Å². The summed E-state index contributed by atoms with van der Waals surface area (Å²) >= 11 is 0. The summed E-state index contributed by atoms with van der Waals surface area (Å²) in [6, 6.07) is 8.26. The van der Waals surface area contributed by atoms with Crippen LogP contribution in [-0.2, 0) is 6.54 Å². The first-order valence-corrected chi connectivity index (χ1v) is 7.94. The molecular formula is C18H12FN5O4. The first kappa shape index (κ1) is 18.7. The Balaban J connectivity index is 1.73. The number of aromatic nitrogens is 3. The SMILES string of the molecule is O=NC(=O)c1ccc(-c2ncc(C(=O)NCc3ccc(F)cc3)c(=O)[nH]2)nc1. The molecule has 1 aromatic carbocycles. The number of nitrogens with zero attached hydrogens (tertiary/aromatic N) is 3. The van der Waals surface area contributed by atoms with Crippen molar-refractivity contribution in [3.63, 3.8) is 0 Å². The third-order valence-corrected chi connectivity index (χ3v) is 3.75. The minimum atomic E-state index is -0.964. The highest BCUT2D eigenvalue weighted by atomic mass is 19.1. The molecule has 2 aromatic heterocycles. The second kappa shape index (κ2) is 8.08. The van der Waals surface area contributed by atoms with Crippen LogP contribution in [0.15, 0.2) is 58.8 Å². The maximum Gasteiger partial charge on any atom is 0.318 e. The molecule has 2 amide bonds. The largest absolute Gasteiger partial charge is 0.348 e. The number of H-pyrrole nitrogens is 1. The third kappa shape index (κ3) is 4.18. The zero-order valence-corrected chi connectivity index (χ0v) is 14.2. The highest BCUT2D eigenvalue weighted by Gasteiger charge is 2.14. The van der Waals surface area contributed by atoms with E-state index in [2.05, 4.69) is 25.4 Å². The molecule has 2 N–H and O–H groups in total. The molecule has 0 unspecified atom stereocenters. The molecule has 2 heterocycles. The van der Waals surface area contributed by atoms with E-state index >= 15 is 0 Å². The smallest absolute Gasteiger partial charge is 0.318 e. The van der Waals surface area contributed by atoms with E-state index in [9.17, 15) is 23.7 Å². The summed E-state index contributed by atoms with van der Waals surface area (Å²) in [5.41, 5.74) is 0.0102. The van der Waals surface area contributed by atoms with Crippen LogP contribution in [0.5, 0.6) is 0 Å². The molecule has 0 aliphatic rings. The Kier molecular flexibility index (Phi) is 5.40. The summed E-state index contributed by atoms with van der Waals surface area (Å²) in [7, 11) is 0. The van der Waals surface area contributed by atoms with Crippen LogP contribution in [-0.4, -0.2) is 26.8 Å². The maximum atomic E-state index is 12.9. The Bertz CT molecular complexity index is 1090. The van der Waals surface area contributed by atoms with Crippen molar-refractivity contribution in [3.8, 4) is 11.5 Å². The van der Waals surface area contributed by atoms with E-state index in [0.717, 1.165) is 12.4 Å². The van der Waals surface area contributed by atoms with Gasteiger partial charge >= 0.3 is 5.91 Å². The average Bonchev–Trinajstić information content (AvgIpc) is 2.72. The van der Waals surface area contributed by atoms with Gasteiger partial charge in [0.15, 0.2) is 5.82 Å². The number of amides is 2. The molecule has 0 saturated carbocycles. The lowest BCUT2D eigenvalue weighted by Crippen LogP contribution is -2.29. The molecule has 0 aliphatic heterocycles. The lowest BCUT2D eigenvalue weighted by Gasteiger charge is -2.06. The highest BCUT2D eigenvalue weighted by molar-refractivity contribution is 5.95. The Labute approximate surface area is 156 Å². The lowest BCUT2D eigenvalue weighted by molar-refractivity contribution is 0.0947. The van der Waals surface area contributed by atoms with E-state index in [1.165, 1.54) is 36.4 Å². The van der Waals surface area contributed by atoms with Crippen molar-refractivity contribution in [1.82, 2.24) is 20.3 Å². The number of hydrogen-bond donors (Lipinski definition) is 2. The van der Waals surface area contributed by atoms with E-state index in [4.69, 9.17) is 0 Å². The normalized spacial score (nSPS) is 10.3. The van der Waals surface area contributed by atoms with Crippen LogP contribution in [0, 0.1) is 10.7 Å². The predicted octanol–water partition coefficient (Wildman–Crippen LogP) is 1.81. The molecule has 0 saturated heterocycles. The topological polar surface area (TPSA) is 134 Å². The minimum Gasteiger partial charge on any atom is -0.348 e. The number of benzene rings is 1. The molecule has 0 radical (unpaired) electrons. The van der Waals surface area contributed by atoms with Crippen LogP contribution in [0.25, 0.3) is 11.5 Å². The fourth-order valence-corrected chi connectivity index (χ4v) is 2.28. The first-order chi connectivity index (χ1) is 13.5. The predicted molar refractivity (Wildman–Crippen MR) is 95.8 cm³/mol. The molecule has 10 heteroatoms. The number of carbonyl (C=O) groups excluding carboxylic acids is 2. The molecule has 0 atom stereocenters. The van der Waals surface area contributed by atoms with Crippen LogP contribution < -0.4 is 10.9 Å². The number of carbonyl (C=O) groups is 2. The van der Waals surface area contributed by atoms with Crippen molar-refractivity contribution in [2.24, 2.45) is 5.18 Å². The summed E-state index contributed by atoms with van der Waals surface area (Å²) in [5.74, 6) is -1.91. The van der Waals surface area contributed by atoms with Crippen molar-refractivity contribution < 1.29 is 14.0 Å². The van der Waals surface area contributed by atoms with Crippen LogP contribution in [0.3, 0.4) is 0 Å². The number of halogens is 1. The number of nitrogens with one attached hydrogen (secondary N) is 2. The Morgan fingerprint density at radius 1 is 1.07 bits per heavy atom. The van der Waals surface area contributed by atoms with Gasteiger partial charge in [-0.3, -0.25) is 19.4 Å². The van der Waals surface area contributed by atoms with Gasteiger partial charge in [0.2, 0.25) is 0 Å². The van der Waals surface area contributed by atoms with Gasteiger partial charge in [-0.25, -0.2) is 9.37 Å². The van der Waals surface area contributed by atoms with Gasteiger partial charge in [0.1, 0.15) is 17.1 Å². The number of rotatable bonds is 5. The third-order valence-electron chi connectivity index (χ3n) is 3.75. The van der Waals surface area contributed by atoms with E-state index in [1.54, 1.807) is 0 Å². The van der Waals surface area contributed by atoms with Gasteiger partial charge in [0.25, 0.3) is 11.5 Å². The molecule has 3 aromatic rings. The minimum absolute atomic E-state index is 0.00196. The van der Waals surface area contributed by atoms with Crippen LogP contribution >= 0.6 is 0 Å². The Morgan fingerprint density at radius 2 is 1.82 bits per heavy atom. The van der Waals surface area contributed by atoms with Crippen molar-refractivity contribution in [1.29, 1.82) is 0 Å². The molecular weight excluding hydrogens is 369 g/mol. The van der Waals surface area contributed by atoms with E-state index in [-0.39, 0.29) is 35.0 Å². The standard InChI is InChI=1S/C18H12FN5O4/c19-12-4-1-10(2-5-12)7-22-17(26)13-9-21-15(23-18(13)27)14-6-3-11(8-20-14)16(25)24-28/h1-6,8-9H,7H2,(H,22,26)(H,21,23,27). The number of aromatic amines is 1. The van der Waals surface area contributed by atoms with Crippen molar-refractivity contribution in [3.05, 3.63) is 86.6 Å². The van der Waals surface area contributed by atoms with Gasteiger partial charge in [-0.15, -0.1) is 4.91 Å². The molecule has 0 spiro atoms. The van der Waals surface area contributed by atoms with Crippen LogP contribution in [0.1, 0.15) is 26.3 Å². The Morgan fingerprint density at radius 3 is 2.43 bits per heavy atom. The highest BCUT2D eigenvalue weighted by Crippen LogP contribution is 2.11. The van der Waals surface area contributed by atoms with Crippen molar-refractivity contribution >= 4 is 11.8 Å². The van der Waals surface area contributed by atoms with E-state index in [0.29, 0.717) is 5.56 Å². The Hall–Kier alpha value is -4.08. The molecule has 9 nitrogen and oxygen atoms in total. The molecule has 28 heavy (non-hydrogen) atoms. The zero-order chi connectivity index (χ0) is 20.1. The summed E-state index contributed by atoms with van der Waals surface area (Å²) in [5, 5.41) is 4.83. The van der Waals surface area contributed by atoms with E-state index in [1.807, 2.05) is 0 Å².